The molecule has 1 N–H and O–H groups in total. The van der Waals surface area contributed by atoms with E-state index in [1.165, 1.54) is 29.2 Å². The Balaban J connectivity index is 2.03. The van der Waals surface area contributed by atoms with E-state index in [9.17, 15) is 22.4 Å². The van der Waals surface area contributed by atoms with Crippen molar-refractivity contribution in [3.8, 4) is 0 Å². The molecule has 3 aromatic carbocycles. The molecule has 2 amide bonds. The molecule has 0 aliphatic heterocycles. The van der Waals surface area contributed by atoms with Crippen molar-refractivity contribution >= 4 is 39.1 Å². The van der Waals surface area contributed by atoms with Crippen LogP contribution in [0.5, 0.6) is 0 Å². The second kappa shape index (κ2) is 13.6. The van der Waals surface area contributed by atoms with E-state index in [-0.39, 0.29) is 29.1 Å². The first-order valence-electron chi connectivity index (χ1n) is 12.7. The summed E-state index contributed by atoms with van der Waals surface area (Å²) in [4.78, 5) is 28.6. The maximum Gasteiger partial charge on any atom is 0.264 e. The molecular weight excluding hydrogens is 541 g/mol. The van der Waals surface area contributed by atoms with Crippen molar-refractivity contribution in [1.82, 2.24) is 10.2 Å². The predicted octanol–water partition coefficient (Wildman–Crippen LogP) is 5.40. The lowest BCUT2D eigenvalue weighted by molar-refractivity contribution is -0.140. The summed E-state index contributed by atoms with van der Waals surface area (Å²) in [6.07, 6.45) is 1.02. The molecule has 10 heteroatoms. The summed E-state index contributed by atoms with van der Waals surface area (Å²) >= 11 is 6.04. The summed E-state index contributed by atoms with van der Waals surface area (Å²) in [7, 11) is -4.20. The number of carbonyl (C=O) groups is 2. The fraction of sp³-hybridized carbons (Fsp3) is 0.310. The van der Waals surface area contributed by atoms with E-state index in [0.29, 0.717) is 17.9 Å². The van der Waals surface area contributed by atoms with Crippen LogP contribution in [0.2, 0.25) is 5.02 Å². The standard InChI is InChI=1S/C29H33ClFN3O4S/c1-4-21(3)32-29(36)27(5-2)33(19-22-11-13-23(30)14-12-22)28(35)20-34(25-17-15-24(31)16-18-25)39(37,38)26-9-7-6-8-10-26/h6-18,21,27H,4-5,19-20H2,1-3H3,(H,32,36). The fourth-order valence-electron chi connectivity index (χ4n) is 4.00. The van der Waals surface area contributed by atoms with Crippen LogP contribution in [0.3, 0.4) is 0 Å². The van der Waals surface area contributed by atoms with Crippen LogP contribution in [0.15, 0.2) is 83.8 Å². The third kappa shape index (κ3) is 7.80. The number of nitrogens with one attached hydrogen (secondary N) is 1. The van der Waals surface area contributed by atoms with E-state index in [1.807, 2.05) is 13.8 Å². The van der Waals surface area contributed by atoms with Gasteiger partial charge in [0.1, 0.15) is 18.4 Å². The Morgan fingerprint density at radius 3 is 2.10 bits per heavy atom. The molecule has 2 unspecified atom stereocenters. The van der Waals surface area contributed by atoms with E-state index in [2.05, 4.69) is 5.32 Å². The SMILES string of the molecule is CCC(C)NC(=O)C(CC)N(Cc1ccc(Cl)cc1)C(=O)CN(c1ccc(F)cc1)S(=O)(=O)c1ccccc1. The third-order valence-corrected chi connectivity index (χ3v) is 8.42. The first-order valence-corrected chi connectivity index (χ1v) is 14.6. The van der Waals surface area contributed by atoms with E-state index in [0.717, 1.165) is 22.0 Å². The highest BCUT2D eigenvalue weighted by molar-refractivity contribution is 7.92. The van der Waals surface area contributed by atoms with Gasteiger partial charge in [0.2, 0.25) is 11.8 Å². The van der Waals surface area contributed by atoms with E-state index < -0.39 is 34.3 Å². The molecule has 0 saturated carbocycles. The second-order valence-corrected chi connectivity index (χ2v) is 11.5. The molecule has 2 atom stereocenters. The Kier molecular flexibility index (Phi) is 10.5. The zero-order valence-electron chi connectivity index (χ0n) is 22.2. The van der Waals surface area contributed by atoms with Gasteiger partial charge in [0.15, 0.2) is 0 Å². The molecule has 0 aromatic heterocycles. The van der Waals surface area contributed by atoms with Gasteiger partial charge in [-0.2, -0.15) is 0 Å². The summed E-state index contributed by atoms with van der Waals surface area (Å²) in [6, 6.07) is 18.5. The summed E-state index contributed by atoms with van der Waals surface area (Å²) in [5, 5.41) is 3.45. The van der Waals surface area contributed by atoms with Gasteiger partial charge in [-0.05, 0) is 73.9 Å². The quantitative estimate of drug-likeness (QED) is 0.314. The van der Waals surface area contributed by atoms with Crippen molar-refractivity contribution in [2.75, 3.05) is 10.8 Å². The van der Waals surface area contributed by atoms with Crippen molar-refractivity contribution in [2.24, 2.45) is 0 Å². The van der Waals surface area contributed by atoms with Gasteiger partial charge in [0.05, 0.1) is 10.6 Å². The molecule has 3 aromatic rings. The molecule has 0 saturated heterocycles. The average molecular weight is 574 g/mol. The van der Waals surface area contributed by atoms with Crippen molar-refractivity contribution in [1.29, 1.82) is 0 Å². The van der Waals surface area contributed by atoms with Crippen LogP contribution >= 0.6 is 11.6 Å². The van der Waals surface area contributed by atoms with Crippen LogP contribution < -0.4 is 9.62 Å². The molecule has 3 rings (SSSR count). The Hall–Kier alpha value is -3.43. The molecule has 0 aliphatic carbocycles. The Labute approximate surface area is 234 Å². The number of rotatable bonds is 12. The minimum Gasteiger partial charge on any atom is -0.352 e. The van der Waals surface area contributed by atoms with Gasteiger partial charge < -0.3 is 10.2 Å². The first kappa shape index (κ1) is 30.1. The highest BCUT2D eigenvalue weighted by Gasteiger charge is 2.34. The minimum atomic E-state index is -4.20. The number of benzene rings is 3. The monoisotopic (exact) mass is 573 g/mol. The average Bonchev–Trinajstić information content (AvgIpc) is 2.93. The molecule has 208 valence electrons. The van der Waals surface area contributed by atoms with E-state index in [4.69, 9.17) is 11.6 Å². The largest absolute Gasteiger partial charge is 0.352 e. The lowest BCUT2D eigenvalue weighted by Gasteiger charge is -2.33. The van der Waals surface area contributed by atoms with Gasteiger partial charge in [-0.1, -0.05) is 55.8 Å². The topological polar surface area (TPSA) is 86.8 Å². The number of amides is 2. The van der Waals surface area contributed by atoms with Gasteiger partial charge in [-0.15, -0.1) is 0 Å². The number of hydrogen-bond acceptors (Lipinski definition) is 4. The summed E-state index contributed by atoms with van der Waals surface area (Å²) in [5.74, 6) is -1.45. The zero-order chi connectivity index (χ0) is 28.6. The molecular formula is C29H33ClFN3O4S. The number of halogens is 2. The first-order chi connectivity index (χ1) is 18.6. The van der Waals surface area contributed by atoms with Crippen molar-refractivity contribution in [2.45, 2.75) is 57.1 Å². The predicted molar refractivity (Wildman–Crippen MR) is 151 cm³/mol. The number of nitrogens with zero attached hydrogens (tertiary/aromatic N) is 2. The third-order valence-electron chi connectivity index (χ3n) is 6.38. The van der Waals surface area contributed by atoms with Gasteiger partial charge in [-0.3, -0.25) is 13.9 Å². The van der Waals surface area contributed by atoms with Crippen LogP contribution in [0, 0.1) is 5.82 Å². The maximum atomic E-state index is 13.9. The van der Waals surface area contributed by atoms with E-state index in [1.54, 1.807) is 49.4 Å². The number of anilines is 1. The number of carbonyl (C=O) groups excluding carboxylic acids is 2. The van der Waals surface area contributed by atoms with Crippen LogP contribution in [-0.4, -0.2) is 43.8 Å². The minimum absolute atomic E-state index is 0.0204. The number of sulfonamides is 1. The van der Waals surface area contributed by atoms with Crippen molar-refractivity contribution < 1.29 is 22.4 Å². The van der Waals surface area contributed by atoms with Crippen LogP contribution in [0.1, 0.15) is 39.2 Å². The van der Waals surface area contributed by atoms with Gasteiger partial charge in [-0.25, -0.2) is 12.8 Å². The maximum absolute atomic E-state index is 13.9. The summed E-state index contributed by atoms with van der Waals surface area (Å²) in [5.41, 5.74) is 0.846. The molecule has 0 bridgehead atoms. The second-order valence-electron chi connectivity index (χ2n) is 9.19. The fourth-order valence-corrected chi connectivity index (χ4v) is 5.56. The summed E-state index contributed by atoms with van der Waals surface area (Å²) in [6.45, 7) is 5.08. The smallest absolute Gasteiger partial charge is 0.264 e. The van der Waals surface area contributed by atoms with Gasteiger partial charge in [0.25, 0.3) is 10.0 Å². The van der Waals surface area contributed by atoms with Gasteiger partial charge >= 0.3 is 0 Å². The lowest BCUT2D eigenvalue weighted by atomic mass is 10.1. The Morgan fingerprint density at radius 2 is 1.54 bits per heavy atom. The highest BCUT2D eigenvalue weighted by atomic mass is 35.5. The van der Waals surface area contributed by atoms with Crippen LogP contribution in [0.4, 0.5) is 10.1 Å². The molecule has 0 radical (unpaired) electrons. The molecule has 39 heavy (non-hydrogen) atoms. The lowest BCUT2D eigenvalue weighted by Crippen LogP contribution is -2.53. The highest BCUT2D eigenvalue weighted by Crippen LogP contribution is 2.25. The molecule has 0 fully saturated rings. The van der Waals surface area contributed by atoms with Crippen LogP contribution in [-0.2, 0) is 26.2 Å². The van der Waals surface area contributed by atoms with E-state index >= 15 is 0 Å². The van der Waals surface area contributed by atoms with Crippen LogP contribution in [0.25, 0.3) is 0 Å². The molecule has 7 nitrogen and oxygen atoms in total. The van der Waals surface area contributed by atoms with Crippen molar-refractivity contribution in [3.05, 3.63) is 95.3 Å². The molecule has 0 spiro atoms. The zero-order valence-corrected chi connectivity index (χ0v) is 23.8. The number of hydrogen-bond donors (Lipinski definition) is 1. The van der Waals surface area contributed by atoms with Gasteiger partial charge in [0, 0.05) is 17.6 Å². The Bertz CT molecular complexity index is 1350. The summed E-state index contributed by atoms with van der Waals surface area (Å²) < 4.78 is 42.0. The normalized spacial score (nSPS) is 12.8. The Morgan fingerprint density at radius 1 is 0.923 bits per heavy atom. The molecule has 0 heterocycles. The molecule has 0 aliphatic rings. The van der Waals surface area contributed by atoms with Crippen molar-refractivity contribution in [3.63, 3.8) is 0 Å².